The van der Waals surface area contributed by atoms with Crippen LogP contribution in [0.3, 0.4) is 0 Å². The van der Waals surface area contributed by atoms with E-state index in [1.54, 1.807) is 0 Å². The zero-order valence-corrected chi connectivity index (χ0v) is 3.55. The molecule has 0 amide bonds. The fourth-order valence-electron chi connectivity index (χ4n) is 0. The third-order valence-corrected chi connectivity index (χ3v) is 0. The molecule has 0 rings (SSSR count). The average molecular weight is 159 g/mol. The summed E-state index contributed by atoms with van der Waals surface area (Å²) >= 11 is -5.38. The Morgan fingerprint density at radius 2 is 1.17 bits per heavy atom. The Kier molecular flexibility index (Phi) is 5.83. The summed E-state index contributed by atoms with van der Waals surface area (Å²) in [5, 5.41) is 0. The minimum atomic E-state index is -5.38. The molecule has 0 bridgehead atoms. The molecule has 0 fully saturated rings. The monoisotopic (exact) mass is 159 g/mol. The van der Waals surface area contributed by atoms with Gasteiger partial charge in [-0.1, -0.05) is 0 Å². The fourth-order valence-corrected chi connectivity index (χ4v) is 0. The Labute approximate surface area is 67.0 Å². The SMILES string of the molecule is [CaH2].[O]=[V](=[O])([OH])[OH]. The Hall–Kier alpha value is 1.36. The Bertz CT molecular complexity index is 90.7. The van der Waals surface area contributed by atoms with E-state index in [0.717, 1.165) is 0 Å². The molecular formula is H4CaO4V. The molecule has 35 valence electrons. The molecule has 0 aromatic rings. The predicted molar refractivity (Wildman–Crippen MR) is 14.4 cm³/mol. The number of hydrogen-bond donors (Lipinski definition) is 2. The van der Waals surface area contributed by atoms with E-state index in [1.165, 1.54) is 0 Å². The minimum absolute atomic E-state index is 0. The molecule has 0 aliphatic rings. The third-order valence-electron chi connectivity index (χ3n) is 0. The van der Waals surface area contributed by atoms with Crippen molar-refractivity contribution in [1.29, 1.82) is 0 Å². The molecule has 4 nitrogen and oxygen atoms in total. The van der Waals surface area contributed by atoms with E-state index < -0.39 is 14.6 Å². The van der Waals surface area contributed by atoms with Gasteiger partial charge in [-0.3, -0.25) is 0 Å². The van der Waals surface area contributed by atoms with Gasteiger partial charge in [0, 0.05) is 0 Å². The maximum absolute atomic E-state index is 8.83. The van der Waals surface area contributed by atoms with Gasteiger partial charge in [0.05, 0.1) is 0 Å². The first kappa shape index (κ1) is 10.4. The van der Waals surface area contributed by atoms with Crippen LogP contribution in [0.4, 0.5) is 0 Å². The molecule has 0 aromatic carbocycles. The molecule has 0 unspecified atom stereocenters. The van der Waals surface area contributed by atoms with Crippen LogP contribution in [0.25, 0.3) is 0 Å². The van der Waals surface area contributed by atoms with Crippen LogP contribution in [0.15, 0.2) is 0 Å². The van der Waals surface area contributed by atoms with Crippen LogP contribution < -0.4 is 0 Å². The molecule has 0 spiro atoms. The standard InChI is InChI=1S/Ca.2H2O.2O.V.2H/h;2*1H2;;;;;/q;;;;;+2;;/p-2. The zero-order chi connectivity index (χ0) is 4.50. The van der Waals surface area contributed by atoms with Crippen LogP contribution in [-0.4, -0.2) is 45.8 Å². The maximum atomic E-state index is 8.83. The van der Waals surface area contributed by atoms with E-state index in [2.05, 4.69) is 0 Å². The molecule has 0 saturated carbocycles. The van der Waals surface area contributed by atoms with Crippen molar-refractivity contribution >= 4 is 37.7 Å². The summed E-state index contributed by atoms with van der Waals surface area (Å²) < 4.78 is 31.9. The molecular weight excluding hydrogens is 155 g/mol. The molecule has 0 aliphatic carbocycles. The van der Waals surface area contributed by atoms with E-state index >= 15 is 0 Å². The molecule has 6 heteroatoms. The van der Waals surface area contributed by atoms with Crippen LogP contribution in [0.1, 0.15) is 0 Å². The summed E-state index contributed by atoms with van der Waals surface area (Å²) in [4.78, 5) is 0. The first-order chi connectivity index (χ1) is 2.00. The molecule has 0 aliphatic heterocycles. The van der Waals surface area contributed by atoms with Gasteiger partial charge in [-0.15, -0.1) is 0 Å². The van der Waals surface area contributed by atoms with Crippen LogP contribution in [0.5, 0.6) is 0 Å². The van der Waals surface area contributed by atoms with Crippen molar-refractivity contribution in [2.24, 2.45) is 0 Å². The molecule has 0 atom stereocenters. The summed E-state index contributed by atoms with van der Waals surface area (Å²) in [7, 11) is 0. The van der Waals surface area contributed by atoms with E-state index in [9.17, 15) is 0 Å². The first-order valence-corrected chi connectivity index (χ1v) is 3.15. The van der Waals surface area contributed by atoms with Crippen LogP contribution in [0, 0.1) is 0 Å². The zero-order valence-electron chi connectivity index (χ0n) is 2.16. The van der Waals surface area contributed by atoms with Crippen LogP contribution >= 0.6 is 0 Å². The molecule has 0 saturated heterocycles. The van der Waals surface area contributed by atoms with Crippen molar-refractivity contribution in [3.05, 3.63) is 0 Å². The topological polar surface area (TPSA) is 74.6 Å². The summed E-state index contributed by atoms with van der Waals surface area (Å²) in [6, 6.07) is 0. The van der Waals surface area contributed by atoms with Gasteiger partial charge in [0.15, 0.2) is 0 Å². The second-order valence-electron chi connectivity index (χ2n) is 0.491. The normalized spacial score (nSPS) is 9.67. The van der Waals surface area contributed by atoms with Gasteiger partial charge in [0.2, 0.25) is 0 Å². The van der Waals surface area contributed by atoms with Crippen molar-refractivity contribution < 1.29 is 30.0 Å². The van der Waals surface area contributed by atoms with E-state index in [1.807, 2.05) is 0 Å². The quantitative estimate of drug-likeness (QED) is 0.391. The second-order valence-corrected chi connectivity index (χ2v) is 2.02. The summed E-state index contributed by atoms with van der Waals surface area (Å²) in [6.45, 7) is 0. The van der Waals surface area contributed by atoms with E-state index in [0.29, 0.717) is 0 Å². The summed E-state index contributed by atoms with van der Waals surface area (Å²) in [6.07, 6.45) is 0. The van der Waals surface area contributed by atoms with Crippen molar-refractivity contribution in [3.8, 4) is 0 Å². The number of rotatable bonds is 0. The van der Waals surface area contributed by atoms with Gasteiger partial charge in [0.25, 0.3) is 0 Å². The Morgan fingerprint density at radius 3 is 1.17 bits per heavy atom. The van der Waals surface area contributed by atoms with Gasteiger partial charge in [-0.25, -0.2) is 0 Å². The molecule has 2 N–H and O–H groups in total. The van der Waals surface area contributed by atoms with Crippen LogP contribution in [-0.2, 0) is 22.0 Å². The van der Waals surface area contributed by atoms with Gasteiger partial charge in [0.1, 0.15) is 0 Å². The van der Waals surface area contributed by atoms with Crippen molar-refractivity contribution in [2.45, 2.75) is 0 Å². The van der Waals surface area contributed by atoms with Crippen LogP contribution in [0.2, 0.25) is 0 Å². The molecule has 0 aromatic heterocycles. The molecule has 6 heavy (non-hydrogen) atoms. The second kappa shape index (κ2) is 3.38. The predicted octanol–water partition coefficient (Wildman–Crippen LogP) is -2.27. The van der Waals surface area contributed by atoms with Crippen molar-refractivity contribution in [3.63, 3.8) is 0 Å². The van der Waals surface area contributed by atoms with E-state index in [-0.39, 0.29) is 37.7 Å². The average Bonchev–Trinajstić information content (AvgIpc) is 0.722. The molecule has 0 radical (unpaired) electrons. The van der Waals surface area contributed by atoms with Gasteiger partial charge in [-0.05, 0) is 0 Å². The van der Waals surface area contributed by atoms with Gasteiger partial charge >= 0.3 is 67.8 Å². The third kappa shape index (κ3) is 54.9. The Balaban J connectivity index is 0. The van der Waals surface area contributed by atoms with Gasteiger partial charge < -0.3 is 0 Å². The van der Waals surface area contributed by atoms with Crippen molar-refractivity contribution in [2.75, 3.05) is 0 Å². The van der Waals surface area contributed by atoms with Gasteiger partial charge in [-0.2, -0.15) is 0 Å². The van der Waals surface area contributed by atoms with Crippen molar-refractivity contribution in [1.82, 2.24) is 0 Å². The summed E-state index contributed by atoms with van der Waals surface area (Å²) in [5.41, 5.74) is 0. The summed E-state index contributed by atoms with van der Waals surface area (Å²) in [5.74, 6) is 0. The first-order valence-electron chi connectivity index (χ1n) is 0.765. The Morgan fingerprint density at radius 1 is 1.17 bits per heavy atom. The molecule has 0 heterocycles. The number of hydrogen-bond acceptors (Lipinski definition) is 2. The van der Waals surface area contributed by atoms with E-state index in [4.69, 9.17) is 15.4 Å². The fraction of sp³-hybridized carbons (Fsp3) is 0.